The molecule has 1 aromatic heterocycles. The lowest BCUT2D eigenvalue weighted by atomic mass is 10.1. The minimum absolute atomic E-state index is 0.665. The summed E-state index contributed by atoms with van der Waals surface area (Å²) in [6, 6.07) is 0. The van der Waals surface area contributed by atoms with Crippen LogP contribution in [0, 0.1) is 12.8 Å². The fourth-order valence-corrected chi connectivity index (χ4v) is 1.58. The predicted molar refractivity (Wildman–Crippen MR) is 59.3 cm³/mol. The maximum absolute atomic E-state index is 4.64. The van der Waals surface area contributed by atoms with E-state index in [1.54, 1.807) is 0 Å². The minimum atomic E-state index is 0.665. The highest BCUT2D eigenvalue weighted by molar-refractivity contribution is 5.15. The van der Waals surface area contributed by atoms with Gasteiger partial charge in [0.25, 0.3) is 0 Å². The first kappa shape index (κ1) is 11.2. The Morgan fingerprint density at radius 1 is 1.43 bits per heavy atom. The van der Waals surface area contributed by atoms with Gasteiger partial charge in [0.05, 0.1) is 5.69 Å². The fraction of sp³-hybridized carbons (Fsp3) is 0.727. The van der Waals surface area contributed by atoms with Gasteiger partial charge in [-0.25, -0.2) is 4.98 Å². The SMILES string of the molecule is CNCc1nc(CC(C)C)n(C)c1C. The Labute approximate surface area is 86.5 Å². The first-order valence-corrected chi connectivity index (χ1v) is 5.22. The molecule has 0 bridgehead atoms. The van der Waals surface area contributed by atoms with Crippen molar-refractivity contribution in [1.82, 2.24) is 14.9 Å². The van der Waals surface area contributed by atoms with E-state index in [-0.39, 0.29) is 0 Å². The summed E-state index contributed by atoms with van der Waals surface area (Å²) >= 11 is 0. The Balaban J connectivity index is 2.90. The van der Waals surface area contributed by atoms with Crippen LogP contribution in [0.25, 0.3) is 0 Å². The number of rotatable bonds is 4. The zero-order valence-electron chi connectivity index (χ0n) is 9.89. The summed E-state index contributed by atoms with van der Waals surface area (Å²) in [7, 11) is 4.05. The zero-order chi connectivity index (χ0) is 10.7. The van der Waals surface area contributed by atoms with Crippen molar-refractivity contribution in [3.05, 3.63) is 17.2 Å². The molecule has 0 fully saturated rings. The summed E-state index contributed by atoms with van der Waals surface area (Å²) in [5, 5.41) is 3.14. The van der Waals surface area contributed by atoms with Crippen LogP contribution in [0.3, 0.4) is 0 Å². The molecule has 0 aliphatic rings. The molecule has 1 aromatic rings. The number of imidazole rings is 1. The number of nitrogens with zero attached hydrogens (tertiary/aromatic N) is 2. The van der Waals surface area contributed by atoms with Gasteiger partial charge in [0.2, 0.25) is 0 Å². The molecular weight excluding hydrogens is 174 g/mol. The van der Waals surface area contributed by atoms with Gasteiger partial charge in [-0.1, -0.05) is 13.8 Å². The monoisotopic (exact) mass is 195 g/mol. The van der Waals surface area contributed by atoms with Crippen molar-refractivity contribution < 1.29 is 0 Å². The lowest BCUT2D eigenvalue weighted by Crippen LogP contribution is -2.07. The molecule has 0 spiro atoms. The third kappa shape index (κ3) is 2.35. The molecule has 0 aromatic carbocycles. The number of aromatic nitrogens is 2. The Hall–Kier alpha value is -0.830. The van der Waals surface area contributed by atoms with Crippen molar-refractivity contribution >= 4 is 0 Å². The second-order valence-corrected chi connectivity index (χ2v) is 4.25. The summed E-state index contributed by atoms with van der Waals surface area (Å²) in [6.07, 6.45) is 1.06. The zero-order valence-corrected chi connectivity index (χ0v) is 9.89. The Bertz CT molecular complexity index is 300. The highest BCUT2D eigenvalue weighted by atomic mass is 15.1. The molecule has 0 saturated heterocycles. The van der Waals surface area contributed by atoms with Gasteiger partial charge in [-0.3, -0.25) is 0 Å². The minimum Gasteiger partial charge on any atom is -0.335 e. The van der Waals surface area contributed by atoms with Gasteiger partial charge in [-0.15, -0.1) is 0 Å². The van der Waals surface area contributed by atoms with Crippen LogP contribution in [0.2, 0.25) is 0 Å². The van der Waals surface area contributed by atoms with Gasteiger partial charge in [0.15, 0.2) is 0 Å². The van der Waals surface area contributed by atoms with Gasteiger partial charge in [-0.2, -0.15) is 0 Å². The third-order valence-corrected chi connectivity index (χ3v) is 2.51. The van der Waals surface area contributed by atoms with Gasteiger partial charge in [0.1, 0.15) is 5.82 Å². The van der Waals surface area contributed by atoms with Gasteiger partial charge in [-0.05, 0) is 19.9 Å². The second-order valence-electron chi connectivity index (χ2n) is 4.25. The molecule has 0 atom stereocenters. The van der Waals surface area contributed by atoms with Gasteiger partial charge in [0, 0.05) is 25.7 Å². The Kier molecular flexibility index (Phi) is 3.69. The normalized spacial score (nSPS) is 11.3. The Morgan fingerprint density at radius 3 is 2.57 bits per heavy atom. The van der Waals surface area contributed by atoms with Crippen LogP contribution in [-0.2, 0) is 20.0 Å². The number of hydrogen-bond acceptors (Lipinski definition) is 2. The summed E-state index contributed by atoms with van der Waals surface area (Å²) in [5.74, 6) is 1.86. The van der Waals surface area contributed by atoms with Crippen LogP contribution < -0.4 is 5.32 Å². The molecule has 1 N–H and O–H groups in total. The van der Waals surface area contributed by atoms with Gasteiger partial charge < -0.3 is 9.88 Å². The molecule has 14 heavy (non-hydrogen) atoms. The second kappa shape index (κ2) is 4.60. The van der Waals surface area contributed by atoms with E-state index in [9.17, 15) is 0 Å². The van der Waals surface area contributed by atoms with Crippen LogP contribution in [0.4, 0.5) is 0 Å². The summed E-state index contributed by atoms with van der Waals surface area (Å²) in [4.78, 5) is 4.64. The van der Waals surface area contributed by atoms with E-state index in [0.29, 0.717) is 5.92 Å². The number of hydrogen-bond donors (Lipinski definition) is 1. The lowest BCUT2D eigenvalue weighted by Gasteiger charge is -2.05. The molecule has 0 aliphatic carbocycles. The van der Waals surface area contributed by atoms with E-state index in [1.165, 1.54) is 17.2 Å². The topological polar surface area (TPSA) is 29.9 Å². The molecule has 0 aliphatic heterocycles. The van der Waals surface area contributed by atoms with E-state index < -0.39 is 0 Å². The molecule has 0 radical (unpaired) electrons. The Morgan fingerprint density at radius 2 is 2.07 bits per heavy atom. The molecule has 80 valence electrons. The summed E-state index contributed by atoms with van der Waals surface area (Å²) < 4.78 is 2.20. The quantitative estimate of drug-likeness (QED) is 0.791. The van der Waals surface area contributed by atoms with E-state index in [0.717, 1.165) is 13.0 Å². The molecule has 0 saturated carbocycles. The lowest BCUT2D eigenvalue weighted by molar-refractivity contribution is 0.599. The molecule has 0 unspecified atom stereocenters. The van der Waals surface area contributed by atoms with Crippen LogP contribution >= 0.6 is 0 Å². The van der Waals surface area contributed by atoms with Crippen molar-refractivity contribution in [3.63, 3.8) is 0 Å². The highest BCUT2D eigenvalue weighted by Gasteiger charge is 2.10. The number of nitrogens with one attached hydrogen (secondary N) is 1. The summed E-state index contributed by atoms with van der Waals surface area (Å²) in [6.45, 7) is 7.44. The third-order valence-electron chi connectivity index (χ3n) is 2.51. The van der Waals surface area contributed by atoms with Crippen molar-refractivity contribution in [2.24, 2.45) is 13.0 Å². The smallest absolute Gasteiger partial charge is 0.109 e. The molecular formula is C11H21N3. The summed E-state index contributed by atoms with van der Waals surface area (Å²) in [5.41, 5.74) is 2.45. The van der Waals surface area contributed by atoms with Crippen LogP contribution in [0.1, 0.15) is 31.1 Å². The maximum Gasteiger partial charge on any atom is 0.109 e. The van der Waals surface area contributed by atoms with Crippen molar-refractivity contribution in [3.8, 4) is 0 Å². The van der Waals surface area contributed by atoms with E-state index in [4.69, 9.17) is 0 Å². The highest BCUT2D eigenvalue weighted by Crippen LogP contribution is 2.12. The predicted octanol–water partition coefficient (Wildman–Crippen LogP) is 1.65. The largest absolute Gasteiger partial charge is 0.335 e. The standard InChI is InChI=1S/C11H21N3/c1-8(2)6-11-13-10(7-12-4)9(3)14(11)5/h8,12H,6-7H2,1-5H3. The molecule has 0 amide bonds. The van der Waals surface area contributed by atoms with Crippen LogP contribution in [-0.4, -0.2) is 16.6 Å². The van der Waals surface area contributed by atoms with Gasteiger partial charge >= 0.3 is 0 Å². The molecule has 1 heterocycles. The van der Waals surface area contributed by atoms with Crippen LogP contribution in [0.5, 0.6) is 0 Å². The van der Waals surface area contributed by atoms with Crippen molar-refractivity contribution in [1.29, 1.82) is 0 Å². The van der Waals surface area contributed by atoms with E-state index in [1.807, 2.05) is 7.05 Å². The first-order valence-electron chi connectivity index (χ1n) is 5.22. The van der Waals surface area contributed by atoms with Crippen LogP contribution in [0.15, 0.2) is 0 Å². The van der Waals surface area contributed by atoms with Crippen molar-refractivity contribution in [2.75, 3.05) is 7.05 Å². The van der Waals surface area contributed by atoms with E-state index in [2.05, 4.69) is 42.7 Å². The van der Waals surface area contributed by atoms with E-state index >= 15 is 0 Å². The van der Waals surface area contributed by atoms with Crippen molar-refractivity contribution in [2.45, 2.75) is 33.7 Å². The molecule has 3 nitrogen and oxygen atoms in total. The average Bonchev–Trinajstić information content (AvgIpc) is 2.34. The maximum atomic E-state index is 4.64. The first-order chi connectivity index (χ1) is 6.56. The molecule has 1 rings (SSSR count). The average molecular weight is 195 g/mol. The fourth-order valence-electron chi connectivity index (χ4n) is 1.58. The molecule has 3 heteroatoms.